The fraction of sp³-hybridized carbons (Fsp3) is 0.400. The largest absolute Gasteiger partial charge is 0.481 e. The maximum Gasteiger partial charge on any atom is 0.310 e. The van der Waals surface area contributed by atoms with Crippen molar-refractivity contribution in [2.45, 2.75) is 32.6 Å². The summed E-state index contributed by atoms with van der Waals surface area (Å²) < 4.78 is 0.943. The lowest BCUT2D eigenvalue weighted by atomic mass is 9.72. The minimum atomic E-state index is -1.16. The smallest absolute Gasteiger partial charge is 0.310 e. The molecule has 1 unspecified atom stereocenters. The summed E-state index contributed by atoms with van der Waals surface area (Å²) in [5.74, 6) is -1.80. The summed E-state index contributed by atoms with van der Waals surface area (Å²) in [6.45, 7) is 3.57. The van der Waals surface area contributed by atoms with Crippen LogP contribution < -0.4 is 0 Å². The number of carboxylic acids is 1. The van der Waals surface area contributed by atoms with Crippen molar-refractivity contribution in [1.29, 1.82) is 0 Å². The van der Waals surface area contributed by atoms with Crippen LogP contribution in [0.15, 0.2) is 24.3 Å². The third-order valence-corrected chi connectivity index (χ3v) is 5.40. The number of thiol groups is 1. The monoisotopic (exact) mass is 323 g/mol. The van der Waals surface area contributed by atoms with E-state index in [1.807, 2.05) is 24.3 Å². The quantitative estimate of drug-likeness (QED) is 0.795. The highest BCUT2D eigenvalue weighted by Crippen LogP contribution is 2.45. The average molecular weight is 323 g/mol. The molecule has 0 fully saturated rings. The van der Waals surface area contributed by atoms with Gasteiger partial charge in [-0.1, -0.05) is 26.0 Å². The summed E-state index contributed by atoms with van der Waals surface area (Å²) in [6, 6.07) is 7.53. The first-order valence-corrected chi connectivity index (χ1v) is 8.04. The van der Waals surface area contributed by atoms with Crippen LogP contribution in [0.5, 0.6) is 0 Å². The van der Waals surface area contributed by atoms with E-state index in [9.17, 15) is 14.7 Å². The molecule has 6 heteroatoms. The molecule has 0 bridgehead atoms. The number of nitrogens with zero attached hydrogens (tertiary/aromatic N) is 1. The SMILES string of the molecule is CCC(CC)(C(=O)O)C(C(=O)S)c1nc2ccccc2s1. The zero-order valence-electron chi connectivity index (χ0n) is 11.9. The molecule has 0 aliphatic heterocycles. The number of carboxylic acid groups (broad SMARTS) is 1. The van der Waals surface area contributed by atoms with Gasteiger partial charge in [-0.3, -0.25) is 9.59 Å². The fourth-order valence-corrected chi connectivity index (χ4v) is 4.32. The summed E-state index contributed by atoms with van der Waals surface area (Å²) in [6.07, 6.45) is 0.706. The highest BCUT2D eigenvalue weighted by Gasteiger charge is 2.48. The van der Waals surface area contributed by atoms with E-state index < -0.39 is 22.4 Å². The standard InChI is InChI=1S/C15H17NO3S2/c1-3-15(4-2,14(18)19)11(13(17)20)12-16-9-7-5-6-8-10(9)21-12/h5-8,11H,3-4H2,1-2H3,(H,17,20)(H,18,19). The summed E-state index contributed by atoms with van der Waals surface area (Å²) in [5, 5.41) is 9.76. The van der Waals surface area contributed by atoms with Crippen molar-refractivity contribution in [2.75, 3.05) is 0 Å². The Morgan fingerprint density at radius 1 is 1.33 bits per heavy atom. The van der Waals surface area contributed by atoms with Crippen LogP contribution in [0.2, 0.25) is 0 Å². The summed E-state index contributed by atoms with van der Waals surface area (Å²) in [5.41, 5.74) is -0.379. The highest BCUT2D eigenvalue weighted by molar-refractivity contribution is 7.96. The number of hydrogen-bond donors (Lipinski definition) is 2. The Bertz CT molecular complexity index is 643. The molecule has 21 heavy (non-hydrogen) atoms. The van der Waals surface area contributed by atoms with Crippen LogP contribution in [0, 0.1) is 5.41 Å². The Hall–Kier alpha value is -1.40. The summed E-state index contributed by atoms with van der Waals surface area (Å²) in [7, 11) is 0. The van der Waals surface area contributed by atoms with Crippen molar-refractivity contribution in [1.82, 2.24) is 4.98 Å². The minimum absolute atomic E-state index is 0.353. The number of carbonyl (C=O) groups is 2. The van der Waals surface area contributed by atoms with E-state index in [4.69, 9.17) is 0 Å². The molecule has 112 valence electrons. The van der Waals surface area contributed by atoms with Crippen molar-refractivity contribution >= 4 is 45.3 Å². The first-order valence-electron chi connectivity index (χ1n) is 6.78. The van der Waals surface area contributed by atoms with Crippen LogP contribution in [-0.4, -0.2) is 21.2 Å². The van der Waals surface area contributed by atoms with Crippen LogP contribution in [0.4, 0.5) is 0 Å². The third kappa shape index (κ3) is 2.70. The van der Waals surface area contributed by atoms with Gasteiger partial charge in [-0.05, 0) is 25.0 Å². The number of hydrogen-bond acceptors (Lipinski definition) is 4. The van der Waals surface area contributed by atoms with E-state index in [0.29, 0.717) is 17.8 Å². The lowest BCUT2D eigenvalue weighted by Gasteiger charge is -2.32. The van der Waals surface area contributed by atoms with Gasteiger partial charge in [0.05, 0.1) is 21.5 Å². The highest BCUT2D eigenvalue weighted by atomic mass is 32.1. The lowest BCUT2D eigenvalue weighted by molar-refractivity contribution is -0.152. The summed E-state index contributed by atoms with van der Waals surface area (Å²) in [4.78, 5) is 28.3. The van der Waals surface area contributed by atoms with Crippen molar-refractivity contribution in [3.63, 3.8) is 0 Å². The molecule has 0 aliphatic rings. The molecule has 0 amide bonds. The van der Waals surface area contributed by atoms with E-state index in [1.54, 1.807) is 13.8 Å². The van der Waals surface area contributed by atoms with E-state index >= 15 is 0 Å². The minimum Gasteiger partial charge on any atom is -0.481 e. The first kappa shape index (κ1) is 16.0. The number of rotatable bonds is 6. The molecule has 0 saturated heterocycles. The molecule has 0 spiro atoms. The average Bonchev–Trinajstić information content (AvgIpc) is 2.86. The van der Waals surface area contributed by atoms with Crippen LogP contribution in [0.25, 0.3) is 10.2 Å². The van der Waals surface area contributed by atoms with Gasteiger partial charge in [-0.15, -0.1) is 24.0 Å². The van der Waals surface area contributed by atoms with Gasteiger partial charge >= 0.3 is 5.97 Å². The molecule has 1 aromatic heterocycles. The predicted molar refractivity (Wildman–Crippen MR) is 87.0 cm³/mol. The van der Waals surface area contributed by atoms with Gasteiger partial charge < -0.3 is 5.11 Å². The number of benzene rings is 1. The maximum absolute atomic E-state index is 12.1. The zero-order chi connectivity index (χ0) is 15.6. The maximum atomic E-state index is 12.1. The van der Waals surface area contributed by atoms with Crippen LogP contribution in [0.1, 0.15) is 37.6 Å². The Morgan fingerprint density at radius 3 is 2.43 bits per heavy atom. The number of aromatic nitrogens is 1. The topological polar surface area (TPSA) is 67.3 Å². The molecule has 0 radical (unpaired) electrons. The molecule has 4 nitrogen and oxygen atoms in total. The third-order valence-electron chi connectivity index (χ3n) is 4.04. The second-order valence-electron chi connectivity index (χ2n) is 4.96. The molecule has 2 aromatic rings. The molecule has 2 rings (SSSR count). The molecule has 1 N–H and O–H groups in total. The van der Waals surface area contributed by atoms with Crippen molar-refractivity contribution in [3.8, 4) is 0 Å². The van der Waals surface area contributed by atoms with E-state index in [0.717, 1.165) is 10.2 Å². The van der Waals surface area contributed by atoms with Crippen LogP contribution in [-0.2, 0) is 9.59 Å². The Labute approximate surface area is 132 Å². The summed E-state index contributed by atoms with van der Waals surface area (Å²) >= 11 is 5.31. The lowest BCUT2D eigenvalue weighted by Crippen LogP contribution is -2.39. The molecule has 1 heterocycles. The van der Waals surface area contributed by atoms with Gasteiger partial charge in [0.25, 0.3) is 0 Å². The Balaban J connectivity index is 2.62. The molecule has 1 aromatic carbocycles. The fourth-order valence-electron chi connectivity index (χ4n) is 2.68. The van der Waals surface area contributed by atoms with Crippen LogP contribution >= 0.6 is 24.0 Å². The van der Waals surface area contributed by atoms with Gasteiger partial charge in [-0.2, -0.15) is 0 Å². The molecule has 1 atom stereocenters. The number of fused-ring (bicyclic) bond motifs is 1. The van der Waals surface area contributed by atoms with Gasteiger partial charge in [0, 0.05) is 0 Å². The zero-order valence-corrected chi connectivity index (χ0v) is 13.6. The van der Waals surface area contributed by atoms with Gasteiger partial charge in [0.15, 0.2) is 5.12 Å². The van der Waals surface area contributed by atoms with E-state index in [1.165, 1.54) is 11.3 Å². The second-order valence-corrected chi connectivity index (χ2v) is 6.46. The van der Waals surface area contributed by atoms with Crippen LogP contribution in [0.3, 0.4) is 0 Å². The molecule has 0 saturated carbocycles. The Morgan fingerprint density at radius 2 is 1.95 bits per heavy atom. The van der Waals surface area contributed by atoms with Crippen molar-refractivity contribution < 1.29 is 14.7 Å². The van der Waals surface area contributed by atoms with Gasteiger partial charge in [0.1, 0.15) is 5.01 Å². The van der Waals surface area contributed by atoms with E-state index in [2.05, 4.69) is 17.6 Å². The number of carbonyl (C=O) groups excluding carboxylic acids is 1. The molecular weight excluding hydrogens is 306 g/mol. The van der Waals surface area contributed by atoms with Gasteiger partial charge in [0.2, 0.25) is 0 Å². The number of para-hydroxylation sites is 1. The second kappa shape index (κ2) is 6.15. The van der Waals surface area contributed by atoms with Gasteiger partial charge in [-0.25, -0.2) is 4.98 Å². The molecular formula is C15H17NO3S2. The van der Waals surface area contributed by atoms with Crippen molar-refractivity contribution in [3.05, 3.63) is 29.3 Å². The number of thiazole rings is 1. The normalized spacial score (nSPS) is 13.3. The number of aliphatic carboxylic acids is 1. The predicted octanol–water partition coefficient (Wildman–Crippen LogP) is 3.73. The van der Waals surface area contributed by atoms with Crippen molar-refractivity contribution in [2.24, 2.45) is 5.41 Å². The van der Waals surface area contributed by atoms with E-state index in [-0.39, 0.29) is 0 Å². The first-order chi connectivity index (χ1) is 9.96. The molecule has 0 aliphatic carbocycles. The Kier molecular flexibility index (Phi) is 4.68.